The van der Waals surface area contributed by atoms with Crippen LogP contribution in [0.2, 0.25) is 0 Å². The van der Waals surface area contributed by atoms with Crippen molar-refractivity contribution >= 4 is 0 Å². The van der Waals surface area contributed by atoms with Gasteiger partial charge in [0, 0.05) is 7.05 Å². The Bertz CT molecular complexity index is 313. The van der Waals surface area contributed by atoms with Crippen LogP contribution in [-0.4, -0.2) is 21.3 Å². The van der Waals surface area contributed by atoms with Gasteiger partial charge in [-0.3, -0.25) is 0 Å². The van der Waals surface area contributed by atoms with Gasteiger partial charge in [0.05, 0.1) is 6.54 Å². The van der Waals surface area contributed by atoms with Crippen molar-refractivity contribution in [2.45, 2.75) is 39.2 Å². The lowest BCUT2D eigenvalue weighted by Crippen LogP contribution is -2.26. The summed E-state index contributed by atoms with van der Waals surface area (Å²) in [5.41, 5.74) is 0. The number of hydrogen-bond acceptors (Lipinski definition) is 3. The zero-order valence-corrected chi connectivity index (χ0v) is 10.3. The first kappa shape index (κ1) is 11.6. The summed E-state index contributed by atoms with van der Waals surface area (Å²) in [5, 5.41) is 11.4. The third-order valence-corrected chi connectivity index (χ3v) is 3.66. The SMILES string of the molecule is CC1CCC(CNCc2nncn2C)CC1. The van der Waals surface area contributed by atoms with E-state index in [0.29, 0.717) is 0 Å². The lowest BCUT2D eigenvalue weighted by molar-refractivity contribution is 0.280. The van der Waals surface area contributed by atoms with Gasteiger partial charge in [-0.25, -0.2) is 0 Å². The predicted molar refractivity (Wildman–Crippen MR) is 63.8 cm³/mol. The standard InChI is InChI=1S/C12H22N4/c1-10-3-5-11(6-4-10)7-13-8-12-15-14-9-16(12)2/h9-11,13H,3-8H2,1-2H3. The summed E-state index contributed by atoms with van der Waals surface area (Å²) in [7, 11) is 1.99. The number of aryl methyl sites for hydroxylation is 1. The van der Waals surface area contributed by atoms with E-state index in [1.54, 1.807) is 6.33 Å². The molecule has 0 radical (unpaired) electrons. The summed E-state index contributed by atoms with van der Waals surface area (Å²) in [6.45, 7) is 4.32. The fourth-order valence-corrected chi connectivity index (χ4v) is 2.39. The molecule has 4 nitrogen and oxygen atoms in total. The second-order valence-electron chi connectivity index (χ2n) is 5.11. The van der Waals surface area contributed by atoms with Crippen LogP contribution in [0, 0.1) is 11.8 Å². The third kappa shape index (κ3) is 3.04. The van der Waals surface area contributed by atoms with Gasteiger partial charge in [0.15, 0.2) is 0 Å². The molecule has 0 aromatic carbocycles. The lowest BCUT2D eigenvalue weighted by Gasteiger charge is -2.26. The number of nitrogens with zero attached hydrogens (tertiary/aromatic N) is 3. The summed E-state index contributed by atoms with van der Waals surface area (Å²) >= 11 is 0. The highest BCUT2D eigenvalue weighted by Crippen LogP contribution is 2.27. The van der Waals surface area contributed by atoms with Gasteiger partial charge in [-0.15, -0.1) is 10.2 Å². The number of rotatable bonds is 4. The van der Waals surface area contributed by atoms with Crippen molar-refractivity contribution in [3.63, 3.8) is 0 Å². The fraction of sp³-hybridized carbons (Fsp3) is 0.833. The third-order valence-electron chi connectivity index (χ3n) is 3.66. The average Bonchev–Trinajstić information content (AvgIpc) is 2.68. The molecule has 1 N–H and O–H groups in total. The topological polar surface area (TPSA) is 42.7 Å². The van der Waals surface area contributed by atoms with Gasteiger partial charge < -0.3 is 9.88 Å². The van der Waals surface area contributed by atoms with Crippen LogP contribution in [0.3, 0.4) is 0 Å². The molecule has 16 heavy (non-hydrogen) atoms. The van der Waals surface area contributed by atoms with E-state index < -0.39 is 0 Å². The summed E-state index contributed by atoms with van der Waals surface area (Å²) in [6, 6.07) is 0. The van der Waals surface area contributed by atoms with Gasteiger partial charge in [-0.05, 0) is 31.2 Å². The van der Waals surface area contributed by atoms with Crippen LogP contribution in [0.5, 0.6) is 0 Å². The van der Waals surface area contributed by atoms with Crippen molar-refractivity contribution in [2.75, 3.05) is 6.54 Å². The summed E-state index contributed by atoms with van der Waals surface area (Å²) in [6.07, 6.45) is 7.31. The number of aromatic nitrogens is 3. The molecule has 1 heterocycles. The van der Waals surface area contributed by atoms with E-state index in [0.717, 1.165) is 30.7 Å². The molecular formula is C12H22N4. The smallest absolute Gasteiger partial charge is 0.146 e. The second-order valence-corrected chi connectivity index (χ2v) is 5.11. The van der Waals surface area contributed by atoms with Gasteiger partial charge in [0.25, 0.3) is 0 Å². The molecule has 0 atom stereocenters. The Morgan fingerprint density at radius 2 is 2.12 bits per heavy atom. The Morgan fingerprint density at radius 1 is 1.38 bits per heavy atom. The summed E-state index contributed by atoms with van der Waals surface area (Å²) in [5.74, 6) is 2.82. The van der Waals surface area contributed by atoms with E-state index in [4.69, 9.17) is 0 Å². The highest BCUT2D eigenvalue weighted by atomic mass is 15.3. The van der Waals surface area contributed by atoms with E-state index in [2.05, 4.69) is 22.4 Å². The minimum absolute atomic E-state index is 0.836. The predicted octanol–water partition coefficient (Wildman–Crippen LogP) is 1.73. The zero-order valence-electron chi connectivity index (χ0n) is 10.3. The highest BCUT2D eigenvalue weighted by Gasteiger charge is 2.17. The average molecular weight is 222 g/mol. The maximum atomic E-state index is 4.06. The van der Waals surface area contributed by atoms with Crippen molar-refractivity contribution in [1.29, 1.82) is 0 Å². The molecule has 0 bridgehead atoms. The number of hydrogen-bond donors (Lipinski definition) is 1. The number of nitrogens with one attached hydrogen (secondary N) is 1. The molecule has 1 aliphatic rings. The van der Waals surface area contributed by atoms with Crippen molar-refractivity contribution in [1.82, 2.24) is 20.1 Å². The molecule has 0 unspecified atom stereocenters. The first-order chi connectivity index (χ1) is 7.75. The molecule has 0 spiro atoms. The van der Waals surface area contributed by atoms with Gasteiger partial charge in [0.1, 0.15) is 12.2 Å². The van der Waals surface area contributed by atoms with Crippen molar-refractivity contribution in [2.24, 2.45) is 18.9 Å². The van der Waals surface area contributed by atoms with Gasteiger partial charge in [0.2, 0.25) is 0 Å². The molecule has 0 amide bonds. The zero-order chi connectivity index (χ0) is 11.4. The molecule has 0 aliphatic heterocycles. The van der Waals surface area contributed by atoms with E-state index in [1.807, 2.05) is 11.6 Å². The fourth-order valence-electron chi connectivity index (χ4n) is 2.39. The van der Waals surface area contributed by atoms with E-state index in [9.17, 15) is 0 Å². The van der Waals surface area contributed by atoms with E-state index in [-0.39, 0.29) is 0 Å². The van der Waals surface area contributed by atoms with E-state index >= 15 is 0 Å². The van der Waals surface area contributed by atoms with Gasteiger partial charge >= 0.3 is 0 Å². The van der Waals surface area contributed by atoms with Crippen LogP contribution in [-0.2, 0) is 13.6 Å². The Labute approximate surface area is 97.5 Å². The van der Waals surface area contributed by atoms with E-state index in [1.165, 1.54) is 25.7 Å². The highest BCUT2D eigenvalue weighted by molar-refractivity contribution is 4.83. The molecule has 1 aromatic heterocycles. The Balaban J connectivity index is 1.67. The first-order valence-corrected chi connectivity index (χ1v) is 6.29. The maximum absolute atomic E-state index is 4.06. The van der Waals surface area contributed by atoms with Crippen LogP contribution in [0.25, 0.3) is 0 Å². The Morgan fingerprint density at radius 3 is 2.75 bits per heavy atom. The van der Waals surface area contributed by atoms with Crippen LogP contribution in [0.1, 0.15) is 38.4 Å². The van der Waals surface area contributed by atoms with Crippen molar-refractivity contribution in [3.8, 4) is 0 Å². The minimum atomic E-state index is 0.836. The molecule has 1 aromatic rings. The minimum Gasteiger partial charge on any atom is -0.320 e. The molecule has 0 saturated heterocycles. The van der Waals surface area contributed by atoms with Crippen molar-refractivity contribution in [3.05, 3.63) is 12.2 Å². The molecule has 1 fully saturated rings. The van der Waals surface area contributed by atoms with Crippen LogP contribution < -0.4 is 5.32 Å². The van der Waals surface area contributed by atoms with Crippen LogP contribution >= 0.6 is 0 Å². The Kier molecular flexibility index (Phi) is 3.93. The summed E-state index contributed by atoms with van der Waals surface area (Å²) < 4.78 is 1.97. The maximum Gasteiger partial charge on any atom is 0.146 e. The monoisotopic (exact) mass is 222 g/mol. The molecule has 4 heteroatoms. The quantitative estimate of drug-likeness (QED) is 0.843. The normalized spacial score (nSPS) is 25.9. The summed E-state index contributed by atoms with van der Waals surface area (Å²) in [4.78, 5) is 0. The second kappa shape index (κ2) is 5.43. The largest absolute Gasteiger partial charge is 0.320 e. The molecule has 90 valence electrons. The van der Waals surface area contributed by atoms with Crippen LogP contribution in [0.4, 0.5) is 0 Å². The molecule has 2 rings (SSSR count). The molecular weight excluding hydrogens is 200 g/mol. The van der Waals surface area contributed by atoms with Crippen molar-refractivity contribution < 1.29 is 0 Å². The van der Waals surface area contributed by atoms with Gasteiger partial charge in [-0.1, -0.05) is 19.8 Å². The van der Waals surface area contributed by atoms with Gasteiger partial charge in [-0.2, -0.15) is 0 Å². The lowest BCUT2D eigenvalue weighted by atomic mass is 9.83. The first-order valence-electron chi connectivity index (χ1n) is 6.29. The van der Waals surface area contributed by atoms with Crippen LogP contribution in [0.15, 0.2) is 6.33 Å². The Hall–Kier alpha value is -0.900. The molecule has 1 aliphatic carbocycles. The molecule has 1 saturated carbocycles.